The summed E-state index contributed by atoms with van der Waals surface area (Å²) in [5.74, 6) is -0.237. The van der Waals surface area contributed by atoms with Gasteiger partial charge in [0.05, 0.1) is 24.0 Å². The maximum atomic E-state index is 13.7. The molecule has 0 saturated heterocycles. The number of fused-ring (bicyclic) bond motifs is 1. The maximum Gasteiger partial charge on any atom is 0.332 e. The van der Waals surface area contributed by atoms with E-state index in [9.17, 15) is 14.4 Å². The first kappa shape index (κ1) is 28.1. The summed E-state index contributed by atoms with van der Waals surface area (Å²) in [4.78, 5) is 39.8. The van der Waals surface area contributed by atoms with Gasteiger partial charge >= 0.3 is 5.69 Å². The van der Waals surface area contributed by atoms with Crippen molar-refractivity contribution in [3.63, 3.8) is 0 Å². The van der Waals surface area contributed by atoms with Crippen molar-refractivity contribution in [3.8, 4) is 0 Å². The van der Waals surface area contributed by atoms with Gasteiger partial charge in [-0.3, -0.25) is 18.7 Å². The van der Waals surface area contributed by atoms with Gasteiger partial charge in [0.25, 0.3) is 11.5 Å². The number of nitrogens with one attached hydrogen (secondary N) is 1. The normalized spacial score (nSPS) is 11.5. The summed E-state index contributed by atoms with van der Waals surface area (Å²) in [5, 5.41) is 3.95. The summed E-state index contributed by atoms with van der Waals surface area (Å²) in [6, 6.07) is 29.7. The van der Waals surface area contributed by atoms with Crippen LogP contribution in [0.5, 0.6) is 0 Å². The molecular weight excluding hydrogens is 534 g/mol. The number of benzene rings is 4. The molecule has 0 unspecified atom stereocenters. The highest BCUT2D eigenvalue weighted by atomic mass is 35.5. The predicted molar refractivity (Wildman–Crippen MR) is 165 cm³/mol. The number of hydrogen-bond acceptors (Lipinski definition) is 3. The van der Waals surface area contributed by atoms with Gasteiger partial charge in [-0.25, -0.2) is 4.79 Å². The lowest BCUT2D eigenvalue weighted by atomic mass is 9.87. The topological polar surface area (TPSA) is 73.1 Å². The number of amides is 1. The number of halogens is 1. The predicted octanol–water partition coefficient (Wildman–Crippen LogP) is 6.14. The first-order chi connectivity index (χ1) is 19.6. The standard InChI is InChI=1S/C34H32ClN3O3/c1-34(2,3)27-18-14-24(15-19-27)21-37-30-11-7-5-9-28(30)32(40)38(33(37)41)22-23-12-16-25(17-13-23)31(39)36-20-26-8-4-6-10-29(26)35/h4-19H,20-22H2,1-3H3,(H,36,39). The van der Waals surface area contributed by atoms with Gasteiger partial charge in [0.15, 0.2) is 0 Å². The molecule has 0 radical (unpaired) electrons. The number of rotatable bonds is 7. The minimum absolute atomic E-state index is 0.0289. The minimum Gasteiger partial charge on any atom is -0.348 e. The van der Waals surface area contributed by atoms with E-state index in [1.165, 1.54) is 10.1 Å². The van der Waals surface area contributed by atoms with Gasteiger partial charge in [-0.15, -0.1) is 0 Å². The Kier molecular flexibility index (Phi) is 7.95. The molecule has 0 aliphatic rings. The Morgan fingerprint density at radius 3 is 2.00 bits per heavy atom. The van der Waals surface area contributed by atoms with Crippen LogP contribution >= 0.6 is 11.6 Å². The fraction of sp³-hybridized carbons (Fsp3) is 0.206. The van der Waals surface area contributed by atoms with E-state index >= 15 is 0 Å². The van der Waals surface area contributed by atoms with E-state index in [0.717, 1.165) is 16.7 Å². The van der Waals surface area contributed by atoms with Crippen molar-refractivity contribution >= 4 is 28.4 Å². The smallest absolute Gasteiger partial charge is 0.332 e. The molecule has 1 N–H and O–H groups in total. The second-order valence-corrected chi connectivity index (χ2v) is 11.6. The minimum atomic E-state index is -0.379. The summed E-state index contributed by atoms with van der Waals surface area (Å²) in [6.07, 6.45) is 0. The van der Waals surface area contributed by atoms with Gasteiger partial charge in [-0.05, 0) is 58.0 Å². The van der Waals surface area contributed by atoms with E-state index < -0.39 is 0 Å². The summed E-state index contributed by atoms with van der Waals surface area (Å²) >= 11 is 6.19. The average molecular weight is 566 g/mol. The average Bonchev–Trinajstić information content (AvgIpc) is 2.97. The lowest BCUT2D eigenvalue weighted by Gasteiger charge is -2.19. The van der Waals surface area contributed by atoms with Crippen LogP contribution in [0.25, 0.3) is 10.9 Å². The molecule has 0 atom stereocenters. The highest BCUT2D eigenvalue weighted by molar-refractivity contribution is 6.31. The van der Waals surface area contributed by atoms with Crippen molar-refractivity contribution in [1.82, 2.24) is 14.5 Å². The second-order valence-electron chi connectivity index (χ2n) is 11.2. The highest BCUT2D eigenvalue weighted by Crippen LogP contribution is 2.22. The fourth-order valence-electron chi connectivity index (χ4n) is 4.82. The molecule has 1 aromatic heterocycles. The van der Waals surface area contributed by atoms with Gasteiger partial charge < -0.3 is 5.32 Å². The molecule has 0 saturated carbocycles. The van der Waals surface area contributed by atoms with E-state index in [1.807, 2.05) is 42.5 Å². The molecular formula is C34H32ClN3O3. The van der Waals surface area contributed by atoms with Crippen LogP contribution in [-0.4, -0.2) is 15.0 Å². The first-order valence-electron chi connectivity index (χ1n) is 13.5. The van der Waals surface area contributed by atoms with Gasteiger partial charge in [0.2, 0.25) is 0 Å². The monoisotopic (exact) mass is 565 g/mol. The molecule has 0 aliphatic carbocycles. The third kappa shape index (κ3) is 6.18. The van der Waals surface area contributed by atoms with E-state index in [2.05, 4.69) is 38.2 Å². The van der Waals surface area contributed by atoms with Gasteiger partial charge in [0, 0.05) is 17.1 Å². The number of hydrogen-bond donors (Lipinski definition) is 1. The summed E-state index contributed by atoms with van der Waals surface area (Å²) < 4.78 is 2.91. The molecule has 1 heterocycles. The Balaban J connectivity index is 1.40. The quantitative estimate of drug-likeness (QED) is 0.258. The zero-order chi connectivity index (χ0) is 29.1. The molecule has 5 rings (SSSR count). The van der Waals surface area contributed by atoms with Crippen molar-refractivity contribution in [2.75, 3.05) is 0 Å². The Hall–Kier alpha value is -4.42. The molecule has 0 aliphatic heterocycles. The van der Waals surface area contributed by atoms with Crippen LogP contribution in [-0.2, 0) is 25.0 Å². The molecule has 0 spiro atoms. The molecule has 1 amide bonds. The van der Waals surface area contributed by atoms with Crippen LogP contribution in [0.15, 0.2) is 107 Å². The molecule has 6 nitrogen and oxygen atoms in total. The number of nitrogens with zero attached hydrogens (tertiary/aromatic N) is 2. The summed E-state index contributed by atoms with van der Waals surface area (Å²) in [5.41, 5.74) is 4.14. The molecule has 41 heavy (non-hydrogen) atoms. The molecule has 208 valence electrons. The Morgan fingerprint density at radius 1 is 0.756 bits per heavy atom. The third-order valence-corrected chi connectivity index (χ3v) is 7.62. The Bertz CT molecular complexity index is 1830. The second kappa shape index (κ2) is 11.6. The molecule has 5 aromatic rings. The molecule has 0 fully saturated rings. The number of carbonyl (C=O) groups excluding carboxylic acids is 1. The van der Waals surface area contributed by atoms with Crippen molar-refractivity contribution in [3.05, 3.63) is 151 Å². The molecule has 4 aromatic carbocycles. The third-order valence-electron chi connectivity index (χ3n) is 7.25. The van der Waals surface area contributed by atoms with E-state index in [1.54, 1.807) is 47.0 Å². The van der Waals surface area contributed by atoms with Gasteiger partial charge in [0.1, 0.15) is 0 Å². The van der Waals surface area contributed by atoms with Crippen molar-refractivity contribution < 1.29 is 4.79 Å². The van der Waals surface area contributed by atoms with E-state index in [4.69, 9.17) is 11.6 Å². The first-order valence-corrected chi connectivity index (χ1v) is 13.9. The summed E-state index contributed by atoms with van der Waals surface area (Å²) in [7, 11) is 0. The van der Waals surface area contributed by atoms with Crippen LogP contribution < -0.4 is 16.6 Å². The van der Waals surface area contributed by atoms with Crippen molar-refractivity contribution in [2.45, 2.75) is 45.8 Å². The molecule has 0 bridgehead atoms. The maximum absolute atomic E-state index is 13.7. The highest BCUT2D eigenvalue weighted by Gasteiger charge is 2.16. The Morgan fingerprint density at radius 2 is 1.34 bits per heavy atom. The Labute approximate surface area is 243 Å². The van der Waals surface area contributed by atoms with Crippen LogP contribution in [0, 0.1) is 0 Å². The SMILES string of the molecule is CC(C)(C)c1ccc(Cn2c(=O)n(Cc3ccc(C(=O)NCc4ccccc4Cl)cc3)c(=O)c3ccccc32)cc1. The fourth-order valence-corrected chi connectivity index (χ4v) is 5.02. The van der Waals surface area contributed by atoms with Crippen molar-refractivity contribution in [2.24, 2.45) is 0 Å². The summed E-state index contributed by atoms with van der Waals surface area (Å²) in [6.45, 7) is 7.23. The lowest BCUT2D eigenvalue weighted by molar-refractivity contribution is 0.0951. The van der Waals surface area contributed by atoms with Crippen molar-refractivity contribution in [1.29, 1.82) is 0 Å². The van der Waals surface area contributed by atoms with E-state index in [0.29, 0.717) is 34.6 Å². The van der Waals surface area contributed by atoms with Gasteiger partial charge in [-0.1, -0.05) is 99.1 Å². The number of aromatic nitrogens is 2. The van der Waals surface area contributed by atoms with Crippen LogP contribution in [0.2, 0.25) is 5.02 Å². The van der Waals surface area contributed by atoms with Crippen LogP contribution in [0.4, 0.5) is 0 Å². The zero-order valence-corrected chi connectivity index (χ0v) is 24.1. The van der Waals surface area contributed by atoms with Crippen LogP contribution in [0.3, 0.4) is 0 Å². The lowest BCUT2D eigenvalue weighted by Crippen LogP contribution is -2.40. The van der Waals surface area contributed by atoms with Crippen LogP contribution in [0.1, 0.15) is 53.4 Å². The number of para-hydroxylation sites is 1. The number of carbonyl (C=O) groups is 1. The van der Waals surface area contributed by atoms with Gasteiger partial charge in [-0.2, -0.15) is 0 Å². The largest absolute Gasteiger partial charge is 0.348 e. The van der Waals surface area contributed by atoms with E-state index in [-0.39, 0.29) is 29.1 Å². The molecule has 7 heteroatoms. The zero-order valence-electron chi connectivity index (χ0n) is 23.4.